The maximum absolute atomic E-state index is 11.9. The predicted octanol–water partition coefficient (Wildman–Crippen LogP) is -2.38. The monoisotopic (exact) mass is 297 g/mol. The van der Waals surface area contributed by atoms with Crippen LogP contribution in [0.3, 0.4) is 0 Å². The van der Waals surface area contributed by atoms with Crippen LogP contribution in [0.1, 0.15) is 11.9 Å². The van der Waals surface area contributed by atoms with Crippen molar-refractivity contribution in [2.75, 3.05) is 12.3 Å². The van der Waals surface area contributed by atoms with Crippen molar-refractivity contribution in [1.82, 2.24) is 19.7 Å². The van der Waals surface area contributed by atoms with Gasteiger partial charge in [0.1, 0.15) is 23.7 Å². The molecule has 21 heavy (non-hydrogen) atoms. The fourth-order valence-corrected chi connectivity index (χ4v) is 2.49. The number of aliphatic hydroxyl groups is 3. The Bertz CT molecular complexity index is 740. The van der Waals surface area contributed by atoms with E-state index in [0.717, 1.165) is 0 Å². The summed E-state index contributed by atoms with van der Waals surface area (Å²) in [6, 6.07) is 0. The van der Waals surface area contributed by atoms with E-state index in [0.29, 0.717) is 5.69 Å². The van der Waals surface area contributed by atoms with Crippen LogP contribution in [-0.4, -0.2) is 60.0 Å². The first-order valence-corrected chi connectivity index (χ1v) is 6.31. The van der Waals surface area contributed by atoms with Gasteiger partial charge in [0.05, 0.1) is 12.3 Å². The first-order chi connectivity index (χ1) is 9.93. The third kappa shape index (κ3) is 2.00. The van der Waals surface area contributed by atoms with Gasteiger partial charge in [-0.25, -0.2) is 4.68 Å². The van der Waals surface area contributed by atoms with Crippen LogP contribution in [0.25, 0.3) is 11.0 Å². The van der Waals surface area contributed by atoms with E-state index < -0.39 is 36.7 Å². The Balaban J connectivity index is 2.16. The molecule has 0 radical (unpaired) electrons. The molecule has 1 aliphatic heterocycles. The van der Waals surface area contributed by atoms with E-state index in [4.69, 9.17) is 15.6 Å². The van der Waals surface area contributed by atoms with Gasteiger partial charge < -0.3 is 25.8 Å². The summed E-state index contributed by atoms with van der Waals surface area (Å²) in [5.74, 6) is -0.0969. The zero-order valence-electron chi connectivity index (χ0n) is 11.1. The van der Waals surface area contributed by atoms with Crippen LogP contribution in [0.5, 0.6) is 0 Å². The van der Waals surface area contributed by atoms with Crippen LogP contribution >= 0.6 is 0 Å². The number of nitrogen functional groups attached to an aromatic ring is 1. The summed E-state index contributed by atoms with van der Waals surface area (Å²) in [5.41, 5.74) is 5.59. The number of nitrogens with zero attached hydrogens (tertiary/aromatic N) is 3. The van der Waals surface area contributed by atoms with Gasteiger partial charge in [0.25, 0.3) is 5.56 Å². The molecule has 0 amide bonds. The minimum atomic E-state index is -1.31. The second-order valence-corrected chi connectivity index (χ2v) is 4.91. The summed E-state index contributed by atoms with van der Waals surface area (Å²) < 4.78 is 6.57. The standard InChI is InChI=1S/C11H15N5O5/c1-3-5-8(13-11(12)14-9(5)20)16(15-3)10-7(19)6(18)4(2-17)21-10/h4,6-7,10,17-19H,2H2,1H3,(H3,12,13,14,20)/t4-,6-,7-,10?/m1/s1. The number of hydrogen-bond acceptors (Lipinski definition) is 8. The Morgan fingerprint density at radius 3 is 2.76 bits per heavy atom. The molecular formula is C11H15N5O5. The van der Waals surface area contributed by atoms with Gasteiger partial charge in [-0.05, 0) is 6.92 Å². The summed E-state index contributed by atoms with van der Waals surface area (Å²) in [5, 5.41) is 33.3. The fraction of sp³-hybridized carbons (Fsp3) is 0.545. The number of rotatable bonds is 2. The third-order valence-corrected chi connectivity index (χ3v) is 3.51. The number of hydrogen-bond donors (Lipinski definition) is 5. The molecule has 0 aliphatic carbocycles. The number of anilines is 1. The number of ether oxygens (including phenoxy) is 1. The maximum Gasteiger partial charge on any atom is 0.263 e. The number of fused-ring (bicyclic) bond motifs is 1. The van der Waals surface area contributed by atoms with E-state index in [1.807, 2.05) is 0 Å². The number of aliphatic hydroxyl groups excluding tert-OH is 3. The van der Waals surface area contributed by atoms with Crippen molar-refractivity contribution in [2.45, 2.75) is 31.5 Å². The van der Waals surface area contributed by atoms with Gasteiger partial charge in [-0.3, -0.25) is 9.78 Å². The largest absolute Gasteiger partial charge is 0.394 e. The van der Waals surface area contributed by atoms with Crippen LogP contribution in [-0.2, 0) is 4.74 Å². The van der Waals surface area contributed by atoms with Crippen LogP contribution in [0.15, 0.2) is 4.79 Å². The summed E-state index contributed by atoms with van der Waals surface area (Å²) in [4.78, 5) is 18.3. The lowest BCUT2D eigenvalue weighted by atomic mass is 10.1. The molecule has 6 N–H and O–H groups in total. The van der Waals surface area contributed by atoms with Gasteiger partial charge in [0.15, 0.2) is 11.9 Å². The third-order valence-electron chi connectivity index (χ3n) is 3.51. The molecule has 0 bridgehead atoms. The van der Waals surface area contributed by atoms with Crippen LogP contribution in [0.2, 0.25) is 0 Å². The van der Waals surface area contributed by atoms with Crippen LogP contribution < -0.4 is 11.3 Å². The van der Waals surface area contributed by atoms with Crippen molar-refractivity contribution in [3.63, 3.8) is 0 Å². The highest BCUT2D eigenvalue weighted by Gasteiger charge is 2.44. The van der Waals surface area contributed by atoms with E-state index in [9.17, 15) is 15.0 Å². The predicted molar refractivity (Wildman–Crippen MR) is 70.3 cm³/mol. The lowest BCUT2D eigenvalue weighted by molar-refractivity contribution is -0.0567. The molecule has 1 unspecified atom stereocenters. The van der Waals surface area contributed by atoms with Crippen molar-refractivity contribution >= 4 is 17.0 Å². The van der Waals surface area contributed by atoms with Gasteiger partial charge >= 0.3 is 0 Å². The van der Waals surface area contributed by atoms with E-state index in [2.05, 4.69) is 15.1 Å². The maximum atomic E-state index is 11.9. The Morgan fingerprint density at radius 2 is 2.14 bits per heavy atom. The molecule has 0 aromatic carbocycles. The first kappa shape index (κ1) is 13.9. The fourth-order valence-electron chi connectivity index (χ4n) is 2.49. The normalized spacial score (nSPS) is 29.3. The van der Waals surface area contributed by atoms with Crippen molar-refractivity contribution in [3.8, 4) is 0 Å². The molecule has 10 nitrogen and oxygen atoms in total. The Morgan fingerprint density at radius 1 is 1.43 bits per heavy atom. The molecule has 3 rings (SSSR count). The summed E-state index contributed by atoms with van der Waals surface area (Å²) >= 11 is 0. The first-order valence-electron chi connectivity index (χ1n) is 6.31. The van der Waals surface area contributed by atoms with Gasteiger partial charge in [0, 0.05) is 0 Å². The number of aryl methyl sites for hydroxylation is 1. The van der Waals surface area contributed by atoms with Gasteiger partial charge in [0.2, 0.25) is 5.95 Å². The van der Waals surface area contributed by atoms with Crippen molar-refractivity contribution in [1.29, 1.82) is 0 Å². The van der Waals surface area contributed by atoms with Gasteiger partial charge in [-0.15, -0.1) is 0 Å². The number of aromatic nitrogens is 4. The zero-order chi connectivity index (χ0) is 15.3. The highest BCUT2D eigenvalue weighted by molar-refractivity contribution is 5.77. The molecule has 1 aliphatic rings. The summed E-state index contributed by atoms with van der Waals surface area (Å²) in [6.07, 6.45) is -4.59. The average Bonchev–Trinajstić information content (AvgIpc) is 2.89. The minimum absolute atomic E-state index is 0.0969. The minimum Gasteiger partial charge on any atom is -0.394 e. The van der Waals surface area contributed by atoms with Gasteiger partial charge in [-0.2, -0.15) is 10.1 Å². The molecule has 114 valence electrons. The van der Waals surface area contributed by atoms with Crippen molar-refractivity contribution in [3.05, 3.63) is 16.0 Å². The molecule has 2 aromatic heterocycles. The zero-order valence-corrected chi connectivity index (χ0v) is 11.1. The SMILES string of the molecule is Cc1nn(C2O[C@H](CO)[C@@H](O)[C@H]2O)c2nc(N)[nH]c(=O)c12. The number of nitrogens with two attached hydrogens (primary N) is 1. The molecule has 1 saturated heterocycles. The van der Waals surface area contributed by atoms with Crippen molar-refractivity contribution < 1.29 is 20.1 Å². The van der Waals surface area contributed by atoms with E-state index in [1.165, 1.54) is 4.68 Å². The Hall–Kier alpha value is -2.01. The van der Waals surface area contributed by atoms with Gasteiger partial charge in [-0.1, -0.05) is 0 Å². The highest BCUT2D eigenvalue weighted by Crippen LogP contribution is 2.31. The molecule has 0 saturated carbocycles. The van der Waals surface area contributed by atoms with Crippen molar-refractivity contribution in [2.24, 2.45) is 0 Å². The quantitative estimate of drug-likeness (QED) is 0.411. The van der Waals surface area contributed by atoms with Crippen LogP contribution in [0.4, 0.5) is 5.95 Å². The second kappa shape index (κ2) is 4.77. The molecule has 0 spiro atoms. The Labute approximate surface area is 117 Å². The molecule has 10 heteroatoms. The second-order valence-electron chi connectivity index (χ2n) is 4.91. The van der Waals surface area contributed by atoms with Crippen LogP contribution in [0, 0.1) is 6.92 Å². The number of aromatic amines is 1. The smallest absolute Gasteiger partial charge is 0.263 e. The summed E-state index contributed by atoms with van der Waals surface area (Å²) in [6.45, 7) is 1.15. The van der Waals surface area contributed by atoms with E-state index in [1.54, 1.807) is 6.92 Å². The molecule has 3 heterocycles. The van der Waals surface area contributed by atoms with E-state index in [-0.39, 0.29) is 17.0 Å². The lowest BCUT2D eigenvalue weighted by Gasteiger charge is -2.15. The number of H-pyrrole nitrogens is 1. The molecular weight excluding hydrogens is 282 g/mol. The average molecular weight is 297 g/mol. The topological polar surface area (TPSA) is 160 Å². The molecule has 4 atom stereocenters. The highest BCUT2D eigenvalue weighted by atomic mass is 16.6. The number of nitrogens with one attached hydrogen (secondary N) is 1. The summed E-state index contributed by atoms with van der Waals surface area (Å²) in [7, 11) is 0. The van der Waals surface area contributed by atoms with E-state index >= 15 is 0 Å². The molecule has 1 fully saturated rings. The lowest BCUT2D eigenvalue weighted by Crippen LogP contribution is -2.33. The Kier molecular flexibility index (Phi) is 3.17. The molecule has 2 aromatic rings.